The van der Waals surface area contributed by atoms with Crippen molar-refractivity contribution in [2.75, 3.05) is 11.1 Å². The lowest BCUT2D eigenvalue weighted by atomic mass is 10.2. The molecule has 1 amide bonds. The minimum atomic E-state index is -0.00532. The topological polar surface area (TPSA) is 29.1 Å². The Morgan fingerprint density at radius 1 is 1.25 bits per heavy atom. The molecule has 2 nitrogen and oxygen atoms in total. The normalized spacial score (nSPS) is 10.3. The van der Waals surface area contributed by atoms with Crippen molar-refractivity contribution < 1.29 is 4.79 Å². The van der Waals surface area contributed by atoms with Crippen molar-refractivity contribution in [2.24, 2.45) is 0 Å². The Bertz CT molecular complexity index is 616. The summed E-state index contributed by atoms with van der Waals surface area (Å²) in [6.07, 6.45) is 0. The summed E-state index contributed by atoms with van der Waals surface area (Å²) in [6.45, 7) is 1.99. The number of anilines is 1. The Morgan fingerprint density at radius 3 is 2.60 bits per heavy atom. The van der Waals surface area contributed by atoms with E-state index in [0.717, 1.165) is 19.7 Å². The first-order valence-corrected chi connectivity index (χ1v) is 8.43. The first-order valence-electron chi connectivity index (χ1n) is 5.99. The number of benzene rings is 2. The Balaban J connectivity index is 1.90. The maximum atomic E-state index is 11.9. The second-order valence-electron chi connectivity index (χ2n) is 4.25. The van der Waals surface area contributed by atoms with Crippen molar-refractivity contribution in [3.05, 3.63) is 56.6 Å². The van der Waals surface area contributed by atoms with Gasteiger partial charge in [-0.2, -0.15) is 0 Å². The third-order valence-corrected chi connectivity index (χ3v) is 4.58. The first-order chi connectivity index (χ1) is 9.54. The van der Waals surface area contributed by atoms with Gasteiger partial charge in [0.1, 0.15) is 0 Å². The monoisotopic (exact) mass is 417 g/mol. The van der Waals surface area contributed by atoms with Gasteiger partial charge in [-0.1, -0.05) is 11.6 Å². The second-order valence-corrected chi connectivity index (χ2v) is 6.98. The van der Waals surface area contributed by atoms with Crippen LogP contribution in [0.4, 0.5) is 5.69 Å². The molecule has 0 spiro atoms. The fourth-order valence-electron chi connectivity index (χ4n) is 1.63. The Hall–Kier alpha value is -0.720. The zero-order valence-corrected chi connectivity index (χ0v) is 14.6. The molecule has 0 aliphatic heterocycles. The maximum Gasteiger partial charge on any atom is 0.234 e. The molecule has 0 saturated carbocycles. The zero-order valence-electron chi connectivity index (χ0n) is 10.8. The van der Waals surface area contributed by atoms with Gasteiger partial charge in [-0.15, -0.1) is 11.8 Å². The van der Waals surface area contributed by atoms with Gasteiger partial charge in [-0.3, -0.25) is 4.79 Å². The number of nitrogens with one attached hydrogen (secondary N) is 1. The molecule has 2 aromatic carbocycles. The Labute approximate surface area is 141 Å². The lowest BCUT2D eigenvalue weighted by Crippen LogP contribution is -2.14. The van der Waals surface area contributed by atoms with Gasteiger partial charge in [0.25, 0.3) is 0 Å². The van der Waals surface area contributed by atoms with Crippen molar-refractivity contribution in [3.8, 4) is 0 Å². The Morgan fingerprint density at radius 2 is 1.95 bits per heavy atom. The number of hydrogen-bond acceptors (Lipinski definition) is 2. The van der Waals surface area contributed by atoms with Crippen LogP contribution in [0.2, 0.25) is 5.02 Å². The molecule has 0 aliphatic carbocycles. The summed E-state index contributed by atoms with van der Waals surface area (Å²) in [4.78, 5) is 13.0. The maximum absolute atomic E-state index is 11.9. The van der Waals surface area contributed by atoms with E-state index in [0.29, 0.717) is 10.8 Å². The summed E-state index contributed by atoms with van der Waals surface area (Å²) in [5.41, 5.74) is 1.94. The van der Waals surface area contributed by atoms with Gasteiger partial charge in [0.05, 0.1) is 5.75 Å². The predicted octanol–water partition coefficient (Wildman–Crippen LogP) is 4.98. The van der Waals surface area contributed by atoms with Crippen molar-refractivity contribution in [2.45, 2.75) is 11.8 Å². The van der Waals surface area contributed by atoms with Crippen molar-refractivity contribution in [3.63, 3.8) is 0 Å². The molecule has 104 valence electrons. The summed E-state index contributed by atoms with van der Waals surface area (Å²) in [5, 5.41) is 3.63. The van der Waals surface area contributed by atoms with E-state index in [1.165, 1.54) is 11.8 Å². The molecular formula is C15H13ClINOS. The largest absolute Gasteiger partial charge is 0.325 e. The predicted molar refractivity (Wildman–Crippen MR) is 94.7 cm³/mol. The highest BCUT2D eigenvalue weighted by molar-refractivity contribution is 14.1. The fourth-order valence-corrected chi connectivity index (χ4v) is 3.10. The molecule has 20 heavy (non-hydrogen) atoms. The molecular weight excluding hydrogens is 405 g/mol. The van der Waals surface area contributed by atoms with Gasteiger partial charge < -0.3 is 5.32 Å². The molecule has 5 heteroatoms. The number of thioether (sulfide) groups is 1. The van der Waals surface area contributed by atoms with Crippen LogP contribution in [0, 0.1) is 10.5 Å². The third kappa shape index (κ3) is 4.68. The smallest absolute Gasteiger partial charge is 0.234 e. The number of carbonyl (C=O) groups is 1. The lowest BCUT2D eigenvalue weighted by molar-refractivity contribution is -0.113. The van der Waals surface area contributed by atoms with E-state index in [1.54, 1.807) is 0 Å². The molecule has 0 unspecified atom stereocenters. The molecule has 0 heterocycles. The molecule has 0 bridgehead atoms. The standard InChI is InChI=1S/C15H13ClINOS/c1-10-8-12(17)4-7-14(10)18-15(19)9-20-13-5-2-11(16)3-6-13/h2-8H,9H2,1H3,(H,18,19). The molecule has 1 N–H and O–H groups in total. The van der Waals surface area contributed by atoms with Crippen LogP contribution in [-0.2, 0) is 4.79 Å². The summed E-state index contributed by atoms with van der Waals surface area (Å²) in [7, 11) is 0. The summed E-state index contributed by atoms with van der Waals surface area (Å²) >= 11 is 9.57. The van der Waals surface area contributed by atoms with Crippen molar-refractivity contribution in [1.29, 1.82) is 0 Å². The second kappa shape index (κ2) is 7.33. The van der Waals surface area contributed by atoms with Crippen LogP contribution in [0.15, 0.2) is 47.4 Å². The van der Waals surface area contributed by atoms with Gasteiger partial charge in [0.15, 0.2) is 0 Å². The van der Waals surface area contributed by atoms with E-state index in [4.69, 9.17) is 11.6 Å². The van der Waals surface area contributed by atoms with Crippen LogP contribution < -0.4 is 5.32 Å². The average Bonchev–Trinajstić information content (AvgIpc) is 2.41. The summed E-state index contributed by atoms with van der Waals surface area (Å²) < 4.78 is 1.16. The molecule has 0 radical (unpaired) electrons. The summed E-state index contributed by atoms with van der Waals surface area (Å²) in [6, 6.07) is 13.4. The van der Waals surface area contributed by atoms with Gasteiger partial charge in [0, 0.05) is 19.2 Å². The van der Waals surface area contributed by atoms with Crippen molar-refractivity contribution in [1.82, 2.24) is 0 Å². The number of carbonyl (C=O) groups excluding carboxylic acids is 1. The summed E-state index contributed by atoms with van der Waals surface area (Å²) in [5.74, 6) is 0.377. The number of rotatable bonds is 4. The van der Waals surface area contributed by atoms with Gasteiger partial charge >= 0.3 is 0 Å². The molecule has 0 aliphatic rings. The van der Waals surface area contributed by atoms with Crippen LogP contribution in [0.25, 0.3) is 0 Å². The highest BCUT2D eigenvalue weighted by Crippen LogP contribution is 2.22. The molecule has 0 aromatic heterocycles. The third-order valence-electron chi connectivity index (χ3n) is 2.65. The van der Waals surface area contributed by atoms with E-state index in [1.807, 2.05) is 49.4 Å². The van der Waals surface area contributed by atoms with Crippen LogP contribution in [0.5, 0.6) is 0 Å². The minimum Gasteiger partial charge on any atom is -0.325 e. The number of amides is 1. The Kier molecular flexibility index (Phi) is 5.74. The minimum absolute atomic E-state index is 0.00532. The van der Waals surface area contributed by atoms with Crippen molar-refractivity contribution >= 4 is 57.5 Å². The van der Waals surface area contributed by atoms with E-state index in [9.17, 15) is 4.79 Å². The molecule has 0 atom stereocenters. The molecule has 2 aromatic rings. The zero-order chi connectivity index (χ0) is 14.5. The van der Waals surface area contributed by atoms with Gasteiger partial charge in [-0.25, -0.2) is 0 Å². The molecule has 0 saturated heterocycles. The molecule has 2 rings (SSSR count). The number of halogens is 2. The van der Waals surface area contributed by atoms with Gasteiger partial charge in [-0.05, 0) is 77.5 Å². The van der Waals surface area contributed by atoms with E-state index >= 15 is 0 Å². The van der Waals surface area contributed by atoms with Crippen LogP contribution in [0.3, 0.4) is 0 Å². The van der Waals surface area contributed by atoms with Crippen LogP contribution in [0.1, 0.15) is 5.56 Å². The highest BCUT2D eigenvalue weighted by Gasteiger charge is 2.06. The first kappa shape index (κ1) is 15.7. The van der Waals surface area contributed by atoms with Crippen LogP contribution >= 0.6 is 46.0 Å². The highest BCUT2D eigenvalue weighted by atomic mass is 127. The van der Waals surface area contributed by atoms with Crippen LogP contribution in [-0.4, -0.2) is 11.7 Å². The lowest BCUT2D eigenvalue weighted by Gasteiger charge is -2.08. The quantitative estimate of drug-likeness (QED) is 0.561. The molecule has 0 fully saturated rings. The number of hydrogen-bond donors (Lipinski definition) is 1. The average molecular weight is 418 g/mol. The van der Waals surface area contributed by atoms with E-state index < -0.39 is 0 Å². The van der Waals surface area contributed by atoms with E-state index in [-0.39, 0.29) is 5.91 Å². The SMILES string of the molecule is Cc1cc(I)ccc1NC(=O)CSc1ccc(Cl)cc1. The number of aryl methyl sites for hydroxylation is 1. The van der Waals surface area contributed by atoms with Gasteiger partial charge in [0.2, 0.25) is 5.91 Å². The van der Waals surface area contributed by atoms with E-state index in [2.05, 4.69) is 27.9 Å². The fraction of sp³-hybridized carbons (Fsp3) is 0.133.